The second kappa shape index (κ2) is 10.3. The lowest BCUT2D eigenvalue weighted by Crippen LogP contribution is -2.48. The number of nitrogens with zero attached hydrogens (tertiary/aromatic N) is 7. The van der Waals surface area contributed by atoms with Crippen LogP contribution in [-0.2, 0) is 6.54 Å². The van der Waals surface area contributed by atoms with Crippen molar-refractivity contribution in [3.63, 3.8) is 0 Å². The Balaban J connectivity index is 1.13. The van der Waals surface area contributed by atoms with Crippen molar-refractivity contribution in [2.75, 3.05) is 73.9 Å². The van der Waals surface area contributed by atoms with E-state index in [1.807, 2.05) is 32.9 Å². The van der Waals surface area contributed by atoms with Gasteiger partial charge in [0.05, 0.1) is 10.6 Å². The maximum absolute atomic E-state index is 14.2. The average molecular weight is 522 g/mol. The van der Waals surface area contributed by atoms with Crippen LogP contribution in [0.2, 0.25) is 0 Å². The van der Waals surface area contributed by atoms with Gasteiger partial charge in [-0.25, -0.2) is 14.4 Å². The van der Waals surface area contributed by atoms with Crippen molar-refractivity contribution in [3.05, 3.63) is 70.3 Å². The van der Waals surface area contributed by atoms with E-state index in [1.54, 1.807) is 18.2 Å². The first kappa shape index (κ1) is 24.2. The molecular formula is C26H28FN7O4. The number of aromatic nitrogens is 2. The highest BCUT2D eigenvalue weighted by molar-refractivity contribution is 5.72. The van der Waals surface area contributed by atoms with Gasteiger partial charge < -0.3 is 24.2 Å². The number of rotatable bonds is 6. The zero-order chi connectivity index (χ0) is 26.1. The van der Waals surface area contributed by atoms with E-state index in [0.29, 0.717) is 56.6 Å². The molecule has 0 saturated carbocycles. The molecule has 2 saturated heterocycles. The van der Waals surface area contributed by atoms with Gasteiger partial charge in [0.15, 0.2) is 11.5 Å². The van der Waals surface area contributed by atoms with Gasteiger partial charge in [0.1, 0.15) is 12.1 Å². The van der Waals surface area contributed by atoms with Crippen LogP contribution in [0.5, 0.6) is 11.5 Å². The van der Waals surface area contributed by atoms with Crippen LogP contribution < -0.4 is 24.2 Å². The number of hydrogen-bond acceptors (Lipinski definition) is 10. The summed E-state index contributed by atoms with van der Waals surface area (Å²) in [5.41, 5.74) is 1.60. The number of para-hydroxylation sites is 1. The van der Waals surface area contributed by atoms with Crippen LogP contribution in [0.4, 0.5) is 27.4 Å². The fourth-order valence-electron chi connectivity index (χ4n) is 5.27. The molecule has 6 rings (SSSR count). The lowest BCUT2D eigenvalue weighted by Gasteiger charge is -2.37. The van der Waals surface area contributed by atoms with Crippen molar-refractivity contribution in [1.29, 1.82) is 0 Å². The van der Waals surface area contributed by atoms with Gasteiger partial charge in [-0.1, -0.05) is 18.2 Å². The van der Waals surface area contributed by atoms with E-state index in [2.05, 4.69) is 14.9 Å². The topological polar surface area (TPSA) is 100 Å². The SMILES string of the molecule is O=[N+]([O-])c1c(N2CCN(Cc3ccc4c(c3)OCO4)CC2)ncnc1N1CCN(c2ccccc2F)CC1. The average Bonchev–Trinajstić information content (AvgIpc) is 3.41. The molecule has 0 aliphatic carbocycles. The molecule has 1 aromatic heterocycles. The first-order chi connectivity index (χ1) is 18.6. The van der Waals surface area contributed by atoms with E-state index in [-0.39, 0.29) is 23.2 Å². The minimum atomic E-state index is -0.382. The summed E-state index contributed by atoms with van der Waals surface area (Å²) in [7, 11) is 0. The summed E-state index contributed by atoms with van der Waals surface area (Å²) in [6.45, 7) is 5.78. The Morgan fingerprint density at radius 2 is 1.47 bits per heavy atom. The summed E-state index contributed by atoms with van der Waals surface area (Å²) in [6.07, 6.45) is 1.40. The Morgan fingerprint density at radius 3 is 2.16 bits per heavy atom. The molecule has 0 unspecified atom stereocenters. The number of halogens is 1. The van der Waals surface area contributed by atoms with Crippen LogP contribution in [0.15, 0.2) is 48.8 Å². The molecular weight excluding hydrogens is 493 g/mol. The van der Waals surface area contributed by atoms with Crippen LogP contribution in [0.1, 0.15) is 5.56 Å². The second-order valence-electron chi connectivity index (χ2n) is 9.50. The monoisotopic (exact) mass is 521 g/mol. The van der Waals surface area contributed by atoms with E-state index in [4.69, 9.17) is 9.47 Å². The molecule has 0 atom stereocenters. The number of hydrogen-bond donors (Lipinski definition) is 0. The Hall–Kier alpha value is -4.19. The van der Waals surface area contributed by atoms with Crippen molar-refractivity contribution in [3.8, 4) is 11.5 Å². The summed E-state index contributed by atoms with van der Waals surface area (Å²) in [5, 5.41) is 12.2. The molecule has 11 nitrogen and oxygen atoms in total. The quantitative estimate of drug-likeness (QED) is 0.356. The smallest absolute Gasteiger partial charge is 0.353 e. The number of fused-ring (bicyclic) bond motifs is 1. The zero-order valence-corrected chi connectivity index (χ0v) is 20.8. The Morgan fingerprint density at radius 1 is 0.842 bits per heavy atom. The van der Waals surface area contributed by atoms with Crippen molar-refractivity contribution in [2.45, 2.75) is 6.54 Å². The summed E-state index contributed by atoms with van der Waals surface area (Å²) < 4.78 is 25.1. The summed E-state index contributed by atoms with van der Waals surface area (Å²) in [6, 6.07) is 12.6. The Bertz CT molecular complexity index is 1330. The molecule has 2 fully saturated rings. The summed E-state index contributed by atoms with van der Waals surface area (Å²) in [4.78, 5) is 28.6. The molecule has 3 aliphatic heterocycles. The largest absolute Gasteiger partial charge is 0.454 e. The molecule has 38 heavy (non-hydrogen) atoms. The van der Waals surface area contributed by atoms with E-state index in [9.17, 15) is 14.5 Å². The highest BCUT2D eigenvalue weighted by atomic mass is 19.1. The van der Waals surface area contributed by atoms with Gasteiger partial charge in [-0.2, -0.15) is 0 Å². The first-order valence-electron chi connectivity index (χ1n) is 12.7. The first-order valence-corrected chi connectivity index (χ1v) is 12.7. The van der Waals surface area contributed by atoms with Gasteiger partial charge >= 0.3 is 5.69 Å². The van der Waals surface area contributed by atoms with Gasteiger partial charge in [-0.05, 0) is 29.8 Å². The molecule has 4 heterocycles. The van der Waals surface area contributed by atoms with Crippen LogP contribution >= 0.6 is 0 Å². The van der Waals surface area contributed by atoms with Crippen LogP contribution in [-0.4, -0.2) is 78.9 Å². The maximum Gasteiger partial charge on any atom is 0.353 e. The van der Waals surface area contributed by atoms with Gasteiger partial charge in [0, 0.05) is 58.9 Å². The normalized spacial score (nSPS) is 17.7. The fraction of sp³-hybridized carbons (Fsp3) is 0.385. The van der Waals surface area contributed by atoms with E-state index in [1.165, 1.54) is 12.4 Å². The number of benzene rings is 2. The molecule has 0 amide bonds. The molecule has 3 aliphatic rings. The second-order valence-corrected chi connectivity index (χ2v) is 9.50. The molecule has 3 aromatic rings. The molecule has 0 radical (unpaired) electrons. The predicted octanol–water partition coefficient (Wildman–Crippen LogP) is 2.90. The standard InChI is InChI=1S/C26H28FN7O4/c27-20-3-1-2-4-21(20)31-11-13-33(14-12-31)26-24(34(35)36)25(28-17-29-26)32-9-7-30(8-10-32)16-19-5-6-22-23(15-19)38-18-37-22/h1-6,15,17H,7-14,16,18H2. The third-order valence-electron chi connectivity index (χ3n) is 7.25. The number of anilines is 3. The lowest BCUT2D eigenvalue weighted by atomic mass is 10.1. The van der Waals surface area contributed by atoms with Gasteiger partial charge in [0.25, 0.3) is 0 Å². The fourth-order valence-corrected chi connectivity index (χ4v) is 5.27. The zero-order valence-electron chi connectivity index (χ0n) is 20.8. The summed E-state index contributed by atoms with van der Waals surface area (Å²) in [5.74, 6) is 1.92. The third-order valence-corrected chi connectivity index (χ3v) is 7.25. The number of ether oxygens (including phenoxy) is 2. The van der Waals surface area contributed by atoms with Crippen LogP contribution in [0, 0.1) is 15.9 Å². The molecule has 198 valence electrons. The molecule has 0 spiro atoms. The molecule has 0 bridgehead atoms. The molecule has 2 aromatic carbocycles. The lowest BCUT2D eigenvalue weighted by molar-refractivity contribution is -0.383. The van der Waals surface area contributed by atoms with Gasteiger partial charge in [0.2, 0.25) is 18.4 Å². The molecule has 0 N–H and O–H groups in total. The van der Waals surface area contributed by atoms with E-state index in [0.717, 1.165) is 36.7 Å². The highest BCUT2D eigenvalue weighted by Crippen LogP contribution is 2.36. The van der Waals surface area contributed by atoms with E-state index < -0.39 is 0 Å². The van der Waals surface area contributed by atoms with Gasteiger partial charge in [-0.15, -0.1) is 0 Å². The predicted molar refractivity (Wildman–Crippen MR) is 140 cm³/mol. The van der Waals surface area contributed by atoms with Crippen molar-refractivity contribution >= 4 is 23.0 Å². The minimum Gasteiger partial charge on any atom is -0.454 e. The maximum atomic E-state index is 14.2. The van der Waals surface area contributed by atoms with Crippen LogP contribution in [0.3, 0.4) is 0 Å². The van der Waals surface area contributed by atoms with E-state index >= 15 is 0 Å². The highest BCUT2D eigenvalue weighted by Gasteiger charge is 2.33. The molecule has 12 heteroatoms. The number of piperazine rings is 2. The van der Waals surface area contributed by atoms with Crippen molar-refractivity contribution in [1.82, 2.24) is 14.9 Å². The van der Waals surface area contributed by atoms with Crippen molar-refractivity contribution in [2.24, 2.45) is 0 Å². The van der Waals surface area contributed by atoms with Crippen LogP contribution in [0.25, 0.3) is 0 Å². The number of nitro groups is 1. The Kier molecular flexibility index (Phi) is 6.54. The Labute approximate surface area is 219 Å². The minimum absolute atomic E-state index is 0.0731. The van der Waals surface area contributed by atoms with Gasteiger partial charge in [-0.3, -0.25) is 15.0 Å². The van der Waals surface area contributed by atoms with Crippen molar-refractivity contribution < 1.29 is 18.8 Å². The third kappa shape index (κ3) is 4.74. The summed E-state index contributed by atoms with van der Waals surface area (Å²) >= 11 is 0.